The molecule has 0 spiro atoms. The summed E-state index contributed by atoms with van der Waals surface area (Å²) in [6.07, 6.45) is 0.767. The third kappa shape index (κ3) is 2.96. The standard InChI is InChI=1S/C20H15N3O4S/c21-10-13-18(16-6-7-17(28-16)23(25)26)19-14(24)8-12(9-15(19)27-20(13)22)11-4-2-1-3-5-11/h1-7,12,18H,8-9,22H2/t12-,18+/m0/s1. The van der Waals surface area contributed by atoms with Crippen molar-refractivity contribution in [3.63, 3.8) is 0 Å². The molecule has 0 bridgehead atoms. The monoisotopic (exact) mass is 393 g/mol. The number of benzene rings is 1. The number of nitriles is 1. The zero-order valence-corrected chi connectivity index (χ0v) is 15.4. The van der Waals surface area contributed by atoms with Crippen LogP contribution in [-0.2, 0) is 9.53 Å². The predicted octanol–water partition coefficient (Wildman–Crippen LogP) is 3.86. The van der Waals surface area contributed by atoms with Crippen LogP contribution in [0.5, 0.6) is 0 Å². The minimum Gasteiger partial charge on any atom is -0.444 e. The van der Waals surface area contributed by atoms with Crippen LogP contribution in [0.2, 0.25) is 0 Å². The van der Waals surface area contributed by atoms with Gasteiger partial charge in [-0.3, -0.25) is 14.9 Å². The van der Waals surface area contributed by atoms with Gasteiger partial charge in [0, 0.05) is 29.4 Å². The first-order chi connectivity index (χ1) is 13.5. The van der Waals surface area contributed by atoms with Gasteiger partial charge in [-0.2, -0.15) is 5.26 Å². The molecule has 0 saturated carbocycles. The van der Waals surface area contributed by atoms with E-state index in [1.54, 1.807) is 6.07 Å². The second-order valence-electron chi connectivity index (χ2n) is 6.63. The Hall–Kier alpha value is -3.44. The van der Waals surface area contributed by atoms with Gasteiger partial charge in [0.1, 0.15) is 17.4 Å². The third-order valence-electron chi connectivity index (χ3n) is 5.01. The Balaban J connectivity index is 1.78. The number of Topliss-reactive ketones (excluding diaryl/α,β-unsaturated/α-hetero) is 1. The van der Waals surface area contributed by atoms with Gasteiger partial charge >= 0.3 is 5.00 Å². The molecule has 2 heterocycles. The first-order valence-electron chi connectivity index (χ1n) is 8.62. The average Bonchev–Trinajstić information content (AvgIpc) is 3.17. The minimum atomic E-state index is -0.725. The highest BCUT2D eigenvalue weighted by Gasteiger charge is 2.41. The lowest BCUT2D eigenvalue weighted by atomic mass is 9.75. The number of allylic oxidation sites excluding steroid dienone is 3. The van der Waals surface area contributed by atoms with Crippen LogP contribution in [0.15, 0.2) is 65.3 Å². The van der Waals surface area contributed by atoms with E-state index in [1.165, 1.54) is 6.07 Å². The molecular formula is C20H15N3O4S. The molecule has 2 N–H and O–H groups in total. The molecule has 0 unspecified atom stereocenters. The molecule has 1 aliphatic carbocycles. The number of nitrogens with zero attached hydrogens (tertiary/aromatic N) is 2. The Labute approximate surface area is 164 Å². The number of nitro groups is 1. The number of hydrogen-bond donors (Lipinski definition) is 1. The van der Waals surface area contributed by atoms with E-state index in [0.717, 1.165) is 16.9 Å². The lowest BCUT2D eigenvalue weighted by Gasteiger charge is -2.33. The smallest absolute Gasteiger partial charge is 0.324 e. The van der Waals surface area contributed by atoms with Crippen LogP contribution >= 0.6 is 11.3 Å². The van der Waals surface area contributed by atoms with Crippen LogP contribution < -0.4 is 5.73 Å². The van der Waals surface area contributed by atoms with E-state index in [0.29, 0.717) is 22.6 Å². The highest BCUT2D eigenvalue weighted by atomic mass is 32.1. The highest BCUT2D eigenvalue weighted by Crippen LogP contribution is 2.48. The Morgan fingerprint density at radius 3 is 2.61 bits per heavy atom. The lowest BCUT2D eigenvalue weighted by molar-refractivity contribution is -0.380. The maximum atomic E-state index is 13.1. The van der Waals surface area contributed by atoms with Crippen molar-refractivity contribution in [2.75, 3.05) is 0 Å². The molecule has 2 aliphatic rings. The summed E-state index contributed by atoms with van der Waals surface area (Å²) in [6, 6.07) is 14.6. The Bertz CT molecular complexity index is 1080. The zero-order valence-electron chi connectivity index (χ0n) is 14.6. The molecule has 7 nitrogen and oxygen atoms in total. The molecular weight excluding hydrogens is 378 g/mol. The number of ketones is 1. The zero-order chi connectivity index (χ0) is 19.8. The summed E-state index contributed by atoms with van der Waals surface area (Å²) in [5, 5.41) is 20.6. The molecule has 8 heteroatoms. The number of nitrogens with two attached hydrogens (primary N) is 1. The fraction of sp³-hybridized carbons (Fsp3) is 0.200. The fourth-order valence-electron chi connectivity index (χ4n) is 3.75. The molecule has 2 atom stereocenters. The van der Waals surface area contributed by atoms with Crippen molar-refractivity contribution in [3.8, 4) is 6.07 Å². The topological polar surface area (TPSA) is 119 Å². The van der Waals surface area contributed by atoms with E-state index in [-0.39, 0.29) is 34.6 Å². The summed E-state index contributed by atoms with van der Waals surface area (Å²) in [7, 11) is 0. The van der Waals surface area contributed by atoms with E-state index >= 15 is 0 Å². The van der Waals surface area contributed by atoms with Gasteiger partial charge in [0.15, 0.2) is 5.78 Å². The van der Waals surface area contributed by atoms with Crippen LogP contribution in [0, 0.1) is 21.4 Å². The molecule has 140 valence electrons. The van der Waals surface area contributed by atoms with Gasteiger partial charge in [-0.1, -0.05) is 41.7 Å². The van der Waals surface area contributed by atoms with Crippen molar-refractivity contribution in [1.82, 2.24) is 0 Å². The predicted molar refractivity (Wildman–Crippen MR) is 102 cm³/mol. The van der Waals surface area contributed by atoms with Gasteiger partial charge in [-0.15, -0.1) is 0 Å². The number of carbonyl (C=O) groups is 1. The van der Waals surface area contributed by atoms with Gasteiger partial charge in [0.25, 0.3) is 0 Å². The Kier molecular flexibility index (Phi) is 4.45. The van der Waals surface area contributed by atoms with Crippen molar-refractivity contribution in [2.24, 2.45) is 5.73 Å². The second kappa shape index (κ2) is 6.94. The average molecular weight is 393 g/mol. The lowest BCUT2D eigenvalue weighted by Crippen LogP contribution is -2.29. The Morgan fingerprint density at radius 2 is 1.96 bits per heavy atom. The minimum absolute atomic E-state index is 0.0396. The molecule has 0 amide bonds. The quantitative estimate of drug-likeness (QED) is 0.624. The molecule has 0 saturated heterocycles. The summed E-state index contributed by atoms with van der Waals surface area (Å²) in [6.45, 7) is 0. The molecule has 1 aliphatic heterocycles. The first-order valence-corrected chi connectivity index (χ1v) is 9.44. The van der Waals surface area contributed by atoms with Crippen molar-refractivity contribution in [3.05, 3.63) is 85.8 Å². The van der Waals surface area contributed by atoms with Gasteiger partial charge in [-0.25, -0.2) is 0 Å². The molecule has 0 radical (unpaired) electrons. The summed E-state index contributed by atoms with van der Waals surface area (Å²) < 4.78 is 5.69. The fourth-order valence-corrected chi connectivity index (χ4v) is 4.69. The third-order valence-corrected chi connectivity index (χ3v) is 6.11. The van der Waals surface area contributed by atoms with Crippen molar-refractivity contribution < 1.29 is 14.5 Å². The van der Waals surface area contributed by atoms with Gasteiger partial charge in [0.05, 0.1) is 10.8 Å². The van der Waals surface area contributed by atoms with Crippen LogP contribution in [-0.4, -0.2) is 10.7 Å². The SMILES string of the molecule is N#CC1=C(N)OC2=C(C(=O)C[C@H](c3ccccc3)C2)[C@H]1c1ccc([N+](=O)[O-])s1. The van der Waals surface area contributed by atoms with Crippen LogP contribution in [0.4, 0.5) is 5.00 Å². The van der Waals surface area contributed by atoms with E-state index < -0.39 is 10.8 Å². The molecule has 0 fully saturated rings. The van der Waals surface area contributed by atoms with Gasteiger partial charge in [0.2, 0.25) is 5.88 Å². The van der Waals surface area contributed by atoms with Crippen molar-refractivity contribution in [2.45, 2.75) is 24.7 Å². The van der Waals surface area contributed by atoms with Crippen molar-refractivity contribution in [1.29, 1.82) is 5.26 Å². The van der Waals surface area contributed by atoms with E-state index in [4.69, 9.17) is 10.5 Å². The Morgan fingerprint density at radius 1 is 1.21 bits per heavy atom. The maximum absolute atomic E-state index is 13.1. The van der Waals surface area contributed by atoms with E-state index in [2.05, 4.69) is 0 Å². The van der Waals surface area contributed by atoms with Crippen LogP contribution in [0.3, 0.4) is 0 Å². The summed E-state index contributed by atoms with van der Waals surface area (Å²) >= 11 is 0.942. The highest BCUT2D eigenvalue weighted by molar-refractivity contribution is 7.15. The summed E-state index contributed by atoms with van der Waals surface area (Å²) in [4.78, 5) is 24.2. The normalized spacial score (nSPS) is 21.8. The number of thiophene rings is 1. The molecule has 1 aromatic heterocycles. The number of rotatable bonds is 3. The molecule has 28 heavy (non-hydrogen) atoms. The number of hydrogen-bond acceptors (Lipinski definition) is 7. The maximum Gasteiger partial charge on any atom is 0.324 e. The largest absolute Gasteiger partial charge is 0.444 e. The first kappa shape index (κ1) is 17.9. The summed E-state index contributed by atoms with van der Waals surface area (Å²) in [5.41, 5.74) is 7.51. The summed E-state index contributed by atoms with van der Waals surface area (Å²) in [5.74, 6) is -0.498. The number of carbonyl (C=O) groups excluding carboxylic acids is 1. The molecule has 4 rings (SSSR count). The van der Waals surface area contributed by atoms with E-state index in [9.17, 15) is 20.2 Å². The van der Waals surface area contributed by atoms with Crippen molar-refractivity contribution >= 4 is 22.1 Å². The van der Waals surface area contributed by atoms with Crippen LogP contribution in [0.25, 0.3) is 0 Å². The van der Waals surface area contributed by atoms with Gasteiger partial charge < -0.3 is 10.5 Å². The molecule has 1 aromatic carbocycles. The second-order valence-corrected chi connectivity index (χ2v) is 7.73. The van der Waals surface area contributed by atoms with Gasteiger partial charge in [-0.05, 0) is 17.5 Å². The van der Waals surface area contributed by atoms with Crippen LogP contribution in [0.1, 0.15) is 35.1 Å². The molecule has 2 aromatic rings. The van der Waals surface area contributed by atoms with E-state index in [1.807, 2.05) is 36.4 Å². The number of ether oxygens (including phenoxy) is 1.